The molecule has 0 nitrogen and oxygen atoms in total. The molecule has 7 rings (SSSR count). The van der Waals surface area contributed by atoms with Gasteiger partial charge in [-0.2, -0.15) is 0 Å². The normalized spacial score (nSPS) is 16.3. The third-order valence-corrected chi connectivity index (χ3v) is 17.9. The second kappa shape index (κ2) is 14.6. The number of benzene rings is 1. The summed E-state index contributed by atoms with van der Waals surface area (Å²) < 4.78 is 3.18. The lowest BCUT2D eigenvalue weighted by Gasteiger charge is -2.32. The van der Waals surface area contributed by atoms with Crippen LogP contribution in [0.3, 0.4) is 0 Å². The van der Waals surface area contributed by atoms with Crippen LogP contribution in [0.2, 0.25) is 0 Å². The summed E-state index contributed by atoms with van der Waals surface area (Å²) in [6.07, 6.45) is 26.6. The zero-order valence-corrected chi connectivity index (χ0v) is 34.2. The van der Waals surface area contributed by atoms with Crippen molar-refractivity contribution < 1.29 is 0 Å². The number of hydrogen-bond acceptors (Lipinski definition) is 3. The number of hydrogen-bond donors (Lipinski definition) is 0. The van der Waals surface area contributed by atoms with E-state index in [1.807, 2.05) is 0 Å². The van der Waals surface area contributed by atoms with E-state index in [9.17, 15) is 0 Å². The minimum atomic E-state index is 0.135. The van der Waals surface area contributed by atoms with Gasteiger partial charge in [-0.3, -0.25) is 0 Å². The van der Waals surface area contributed by atoms with Crippen LogP contribution in [0, 0.1) is 0 Å². The molecule has 48 heavy (non-hydrogen) atoms. The second-order valence-corrected chi connectivity index (χ2v) is 19.7. The summed E-state index contributed by atoms with van der Waals surface area (Å²) in [6, 6.07) is 8.06. The van der Waals surface area contributed by atoms with Gasteiger partial charge in [0, 0.05) is 35.0 Å². The lowest BCUT2D eigenvalue weighted by Crippen LogP contribution is -2.31. The van der Waals surface area contributed by atoms with Crippen LogP contribution in [-0.4, -0.2) is 9.52 Å². The number of thiophene rings is 3. The quantitative estimate of drug-likeness (QED) is 0.0712. The van der Waals surface area contributed by atoms with Crippen molar-refractivity contribution in [1.29, 1.82) is 0 Å². The van der Waals surface area contributed by atoms with E-state index in [1.165, 1.54) is 116 Å². The van der Waals surface area contributed by atoms with Gasteiger partial charge in [0.25, 0.3) is 0 Å². The molecule has 0 atom stereocenters. The zero-order valence-electron chi connectivity index (χ0n) is 30.8. The molecule has 0 bridgehead atoms. The van der Waals surface area contributed by atoms with Gasteiger partial charge in [0.15, 0.2) is 0 Å². The van der Waals surface area contributed by atoms with Crippen LogP contribution < -0.4 is 5.19 Å². The van der Waals surface area contributed by atoms with Gasteiger partial charge in [-0.15, -0.1) is 34.0 Å². The highest BCUT2D eigenvalue weighted by molar-refractivity contribution is 7.30. The molecule has 3 aromatic heterocycles. The van der Waals surface area contributed by atoms with Gasteiger partial charge in [-0.05, 0) is 114 Å². The Morgan fingerprint density at radius 3 is 1.71 bits per heavy atom. The molecule has 1 aromatic carbocycles. The summed E-state index contributed by atoms with van der Waals surface area (Å²) in [6.45, 7) is 14.5. The summed E-state index contributed by atoms with van der Waals surface area (Å²) in [7, 11) is 0.888. The smallest absolute Gasteiger partial charge is 0.118 e. The minimum Gasteiger partial charge on any atom is -0.139 e. The average Bonchev–Trinajstić information content (AvgIpc) is 3.92. The Morgan fingerprint density at radius 1 is 0.562 bits per heavy atom. The standard InChI is InChI=1S/C44H58S3Si/c1-7-13-15-17-19-21-23-29-25-35-41(45-29)37-39(46-35)31-27-34-32(28-33(31)43(37,9-3)10-4)40-38(44(34,11-5)12-6)42-36(47-40)26-30(48-42)24-22-20-18-16-14-8-2/h25-28H,7-24H2,1-6H3. The molecule has 0 unspecified atom stereocenters. The zero-order chi connectivity index (χ0) is 33.5. The van der Waals surface area contributed by atoms with Crippen LogP contribution in [-0.2, 0) is 17.3 Å². The molecule has 1 aliphatic heterocycles. The maximum absolute atomic E-state index is 2.74. The van der Waals surface area contributed by atoms with Crippen LogP contribution >= 0.6 is 34.0 Å². The molecule has 256 valence electrons. The van der Waals surface area contributed by atoms with Crippen molar-refractivity contribution in [3.8, 4) is 20.9 Å². The number of fused-ring (bicyclic) bond motifs is 10. The highest BCUT2D eigenvalue weighted by Crippen LogP contribution is 2.64. The molecule has 4 heteroatoms. The molecular weight excluding hydrogens is 653 g/mol. The molecule has 0 saturated heterocycles. The first-order valence-corrected chi connectivity index (χ1v) is 23.3. The predicted molar refractivity (Wildman–Crippen MR) is 220 cm³/mol. The fourth-order valence-corrected chi connectivity index (χ4v) is 15.9. The minimum absolute atomic E-state index is 0.135. The monoisotopic (exact) mass is 710 g/mol. The maximum Gasteiger partial charge on any atom is 0.118 e. The molecule has 0 N–H and O–H groups in total. The van der Waals surface area contributed by atoms with Gasteiger partial charge in [0.2, 0.25) is 0 Å². The van der Waals surface area contributed by atoms with Crippen LogP contribution in [0.1, 0.15) is 183 Å². The lowest BCUT2D eigenvalue weighted by atomic mass is 9.71. The van der Waals surface area contributed by atoms with Gasteiger partial charge < -0.3 is 0 Å². The largest absolute Gasteiger partial charge is 0.139 e. The SMILES string of the molecule is CCCCCCCCC1=Cc2sc3c(c2[Si]1)C(CC)(CC)c1cc2c(cc1-3)C(CC)(CC)c1c-2sc2cc(CCCCCCCC)sc12. The molecule has 3 aliphatic rings. The molecule has 4 aromatic rings. The van der Waals surface area contributed by atoms with Crippen LogP contribution in [0.15, 0.2) is 23.4 Å². The van der Waals surface area contributed by atoms with Gasteiger partial charge in [0.05, 0.1) is 4.70 Å². The van der Waals surface area contributed by atoms with Crippen LogP contribution in [0.25, 0.3) is 36.4 Å². The third kappa shape index (κ3) is 5.62. The van der Waals surface area contributed by atoms with Gasteiger partial charge in [-0.1, -0.05) is 111 Å². The summed E-state index contributed by atoms with van der Waals surface area (Å²) in [5.74, 6) is 0. The van der Waals surface area contributed by atoms with Crippen molar-refractivity contribution in [3.63, 3.8) is 0 Å². The van der Waals surface area contributed by atoms with Crippen molar-refractivity contribution in [1.82, 2.24) is 0 Å². The highest BCUT2D eigenvalue weighted by Gasteiger charge is 2.50. The van der Waals surface area contributed by atoms with E-state index in [0.29, 0.717) is 0 Å². The van der Waals surface area contributed by atoms with Crippen molar-refractivity contribution in [2.45, 2.75) is 168 Å². The van der Waals surface area contributed by atoms with Crippen molar-refractivity contribution in [2.24, 2.45) is 0 Å². The van der Waals surface area contributed by atoms with E-state index in [0.717, 1.165) is 9.52 Å². The molecule has 2 aliphatic carbocycles. The maximum atomic E-state index is 2.74. The fraction of sp³-hybridized carbons (Fsp3) is 0.591. The molecule has 0 amide bonds. The summed E-state index contributed by atoms with van der Waals surface area (Å²) >= 11 is 6.40. The van der Waals surface area contributed by atoms with E-state index in [2.05, 4.69) is 99.8 Å². The van der Waals surface area contributed by atoms with E-state index >= 15 is 0 Å². The van der Waals surface area contributed by atoms with Gasteiger partial charge in [-0.25, -0.2) is 0 Å². The molecular formula is C44H58S3Si. The summed E-state index contributed by atoms with van der Waals surface area (Å²) in [5.41, 5.74) is 10.2. The fourth-order valence-electron chi connectivity index (χ4n) is 9.68. The summed E-state index contributed by atoms with van der Waals surface area (Å²) in [4.78, 5) is 6.46. The number of allylic oxidation sites excluding steroid dienone is 1. The van der Waals surface area contributed by atoms with Crippen molar-refractivity contribution in [3.05, 3.63) is 55.4 Å². The molecule has 4 heterocycles. The summed E-state index contributed by atoms with van der Waals surface area (Å²) in [5, 5.41) is 3.45. The van der Waals surface area contributed by atoms with E-state index in [-0.39, 0.29) is 10.8 Å². The predicted octanol–water partition coefficient (Wildman–Crippen LogP) is 14.5. The number of aryl methyl sites for hydroxylation is 1. The topological polar surface area (TPSA) is 0 Å². The Bertz CT molecular complexity index is 1780. The Morgan fingerprint density at radius 2 is 1.10 bits per heavy atom. The van der Waals surface area contributed by atoms with E-state index in [4.69, 9.17) is 0 Å². The van der Waals surface area contributed by atoms with Gasteiger partial charge >= 0.3 is 0 Å². The number of rotatable bonds is 18. The van der Waals surface area contributed by atoms with Crippen LogP contribution in [0.5, 0.6) is 0 Å². The molecule has 0 fully saturated rings. The van der Waals surface area contributed by atoms with E-state index < -0.39 is 0 Å². The highest BCUT2D eigenvalue weighted by atomic mass is 32.1. The van der Waals surface area contributed by atoms with Crippen molar-refractivity contribution in [2.75, 3.05) is 0 Å². The van der Waals surface area contributed by atoms with Crippen LogP contribution in [0.4, 0.5) is 0 Å². The Balaban J connectivity index is 1.21. The van der Waals surface area contributed by atoms with Gasteiger partial charge in [0.1, 0.15) is 9.52 Å². The molecule has 2 radical (unpaired) electrons. The number of unbranched alkanes of at least 4 members (excludes halogenated alkanes) is 10. The first kappa shape index (κ1) is 35.0. The Hall–Kier alpha value is -1.46. The van der Waals surface area contributed by atoms with E-state index in [1.54, 1.807) is 72.7 Å². The second-order valence-electron chi connectivity index (χ2n) is 15.1. The first-order chi connectivity index (χ1) is 23.5. The molecule has 0 saturated carbocycles. The first-order valence-electron chi connectivity index (χ1n) is 19.9. The Kier molecular flexibility index (Phi) is 10.7. The lowest BCUT2D eigenvalue weighted by molar-refractivity contribution is 0.489. The third-order valence-electron chi connectivity index (χ3n) is 12.6. The Labute approximate surface area is 306 Å². The molecule has 0 spiro atoms. The van der Waals surface area contributed by atoms with Crippen molar-refractivity contribution >= 4 is 64.2 Å². The average molecular weight is 711 g/mol.